The van der Waals surface area contributed by atoms with Crippen molar-refractivity contribution in [3.05, 3.63) is 59.3 Å². The van der Waals surface area contributed by atoms with Gasteiger partial charge < -0.3 is 10.2 Å². The van der Waals surface area contributed by atoms with Gasteiger partial charge in [0.25, 0.3) is 11.8 Å². The summed E-state index contributed by atoms with van der Waals surface area (Å²) in [6.07, 6.45) is 1.58. The number of nitrogens with one attached hydrogen (secondary N) is 1. The number of amides is 4. The summed E-state index contributed by atoms with van der Waals surface area (Å²) < 4.78 is 0. The van der Waals surface area contributed by atoms with Crippen molar-refractivity contribution in [3.63, 3.8) is 0 Å². The molecule has 0 saturated carbocycles. The number of rotatable bonds is 6. The minimum atomic E-state index is -1.01. The maximum atomic E-state index is 13.1. The number of benzene rings is 1. The van der Waals surface area contributed by atoms with Gasteiger partial charge in [-0.25, -0.2) is 4.98 Å². The third-order valence-corrected chi connectivity index (χ3v) is 4.93. The lowest BCUT2D eigenvalue weighted by Crippen LogP contribution is -2.53. The third-order valence-electron chi connectivity index (χ3n) is 4.93. The van der Waals surface area contributed by atoms with Gasteiger partial charge in [0.1, 0.15) is 11.9 Å². The van der Waals surface area contributed by atoms with E-state index in [0.717, 1.165) is 10.5 Å². The average Bonchev–Trinajstić information content (AvgIpc) is 2.93. The van der Waals surface area contributed by atoms with Crippen LogP contribution in [0.25, 0.3) is 0 Å². The summed E-state index contributed by atoms with van der Waals surface area (Å²) in [4.78, 5) is 57.4. The summed E-state index contributed by atoms with van der Waals surface area (Å²) in [7, 11) is 1.47. The number of nitrogens with zero attached hydrogens (tertiary/aromatic N) is 3. The van der Waals surface area contributed by atoms with Crippen LogP contribution < -0.4 is 5.32 Å². The number of fused-ring (bicyclic) bond motifs is 1. The Morgan fingerprint density at radius 2 is 1.70 bits per heavy atom. The fourth-order valence-electron chi connectivity index (χ4n) is 3.46. The molecule has 1 N–H and O–H groups in total. The van der Waals surface area contributed by atoms with E-state index in [4.69, 9.17) is 0 Å². The second-order valence-electron chi connectivity index (χ2n) is 7.68. The smallest absolute Gasteiger partial charge is 0.262 e. The van der Waals surface area contributed by atoms with Crippen molar-refractivity contribution < 1.29 is 19.2 Å². The molecule has 30 heavy (non-hydrogen) atoms. The van der Waals surface area contributed by atoms with Crippen molar-refractivity contribution in [2.24, 2.45) is 5.92 Å². The van der Waals surface area contributed by atoms with Gasteiger partial charge in [-0.2, -0.15) is 0 Å². The van der Waals surface area contributed by atoms with Crippen LogP contribution in [-0.4, -0.2) is 58.0 Å². The van der Waals surface area contributed by atoms with Gasteiger partial charge in [0.15, 0.2) is 0 Å². The van der Waals surface area contributed by atoms with E-state index in [0.29, 0.717) is 5.82 Å². The molecule has 8 heteroatoms. The van der Waals surface area contributed by atoms with Crippen LogP contribution in [0.1, 0.15) is 40.1 Å². The molecule has 1 aliphatic heterocycles. The number of hydrogen-bond donors (Lipinski definition) is 1. The van der Waals surface area contributed by atoms with Crippen LogP contribution in [-0.2, 0) is 9.59 Å². The van der Waals surface area contributed by atoms with E-state index in [1.807, 2.05) is 6.92 Å². The molecule has 1 aromatic carbocycles. The van der Waals surface area contributed by atoms with Crippen LogP contribution in [0.3, 0.4) is 0 Å². The van der Waals surface area contributed by atoms with Gasteiger partial charge in [-0.3, -0.25) is 24.1 Å². The Labute approximate surface area is 174 Å². The number of hydrogen-bond acceptors (Lipinski definition) is 5. The van der Waals surface area contributed by atoms with Crippen LogP contribution in [0.2, 0.25) is 0 Å². The molecule has 0 fully saturated rings. The van der Waals surface area contributed by atoms with Gasteiger partial charge in [-0.15, -0.1) is 0 Å². The van der Waals surface area contributed by atoms with Crippen molar-refractivity contribution in [2.75, 3.05) is 18.9 Å². The Hall–Kier alpha value is -3.55. The zero-order valence-corrected chi connectivity index (χ0v) is 17.4. The van der Waals surface area contributed by atoms with Gasteiger partial charge in [0.2, 0.25) is 11.8 Å². The molecule has 1 unspecified atom stereocenters. The van der Waals surface area contributed by atoms with E-state index in [2.05, 4.69) is 10.3 Å². The number of carbonyl (C=O) groups excluding carboxylic acids is 4. The zero-order valence-electron chi connectivity index (χ0n) is 17.4. The Morgan fingerprint density at radius 1 is 1.10 bits per heavy atom. The normalized spacial score (nSPS) is 14.0. The quantitative estimate of drug-likeness (QED) is 0.738. The highest BCUT2D eigenvalue weighted by atomic mass is 16.2. The lowest BCUT2D eigenvalue weighted by atomic mass is 10.0. The van der Waals surface area contributed by atoms with Crippen molar-refractivity contribution in [2.45, 2.75) is 26.8 Å². The summed E-state index contributed by atoms with van der Waals surface area (Å²) in [5.74, 6) is -1.83. The minimum absolute atomic E-state index is 0.235. The number of anilines is 1. The number of pyridine rings is 1. The molecule has 0 aliphatic carbocycles. The second-order valence-corrected chi connectivity index (χ2v) is 7.68. The fourth-order valence-corrected chi connectivity index (χ4v) is 3.46. The largest absolute Gasteiger partial charge is 0.335 e. The Morgan fingerprint density at radius 3 is 2.23 bits per heavy atom. The molecule has 3 rings (SSSR count). The van der Waals surface area contributed by atoms with Crippen LogP contribution in [0.15, 0.2) is 42.6 Å². The summed E-state index contributed by atoms with van der Waals surface area (Å²) in [6, 6.07) is 9.01. The summed E-state index contributed by atoms with van der Waals surface area (Å²) in [5.41, 5.74) is 1.51. The highest BCUT2D eigenvalue weighted by Gasteiger charge is 2.44. The van der Waals surface area contributed by atoms with Gasteiger partial charge in [-0.1, -0.05) is 26.0 Å². The average molecular weight is 408 g/mol. The fraction of sp³-hybridized carbons (Fsp3) is 0.318. The number of carbonyl (C=O) groups is 4. The van der Waals surface area contributed by atoms with Gasteiger partial charge >= 0.3 is 0 Å². The third kappa shape index (κ3) is 4.07. The topological polar surface area (TPSA) is 99.7 Å². The number of aryl methyl sites for hydroxylation is 1. The molecule has 1 aromatic heterocycles. The van der Waals surface area contributed by atoms with Crippen molar-refractivity contribution in [1.29, 1.82) is 0 Å². The maximum Gasteiger partial charge on any atom is 0.262 e. The summed E-state index contributed by atoms with van der Waals surface area (Å²) in [5, 5.41) is 2.65. The van der Waals surface area contributed by atoms with E-state index >= 15 is 0 Å². The molecular weight excluding hydrogens is 384 g/mol. The molecule has 156 valence electrons. The SMILES string of the molecule is Cc1ccnc(NC(=O)CN(C)C(=O)C(C(C)C)N2C(=O)c3ccccc3C2=O)c1. The molecule has 1 aliphatic rings. The lowest BCUT2D eigenvalue weighted by Gasteiger charge is -2.31. The molecule has 8 nitrogen and oxygen atoms in total. The molecular formula is C22H24N4O4. The van der Waals surface area contributed by atoms with Crippen LogP contribution in [0, 0.1) is 12.8 Å². The molecule has 2 heterocycles. The second kappa shape index (κ2) is 8.44. The molecule has 2 aromatic rings. The van der Waals surface area contributed by atoms with Crippen molar-refractivity contribution in [3.8, 4) is 0 Å². The van der Waals surface area contributed by atoms with Gasteiger partial charge in [0, 0.05) is 13.2 Å². The first-order valence-electron chi connectivity index (χ1n) is 9.65. The van der Waals surface area contributed by atoms with Gasteiger partial charge in [0.05, 0.1) is 17.7 Å². The number of likely N-dealkylation sites (N-methyl/N-ethyl adjacent to an activating group) is 1. The first-order chi connectivity index (χ1) is 14.2. The highest BCUT2D eigenvalue weighted by Crippen LogP contribution is 2.27. The predicted octanol–water partition coefficient (Wildman–Crippen LogP) is 2.11. The molecule has 4 amide bonds. The summed E-state index contributed by atoms with van der Waals surface area (Å²) >= 11 is 0. The minimum Gasteiger partial charge on any atom is -0.335 e. The standard InChI is InChI=1S/C22H24N4O4/c1-13(2)19(26-20(28)15-7-5-6-8-16(15)21(26)29)22(30)25(4)12-18(27)24-17-11-14(3)9-10-23-17/h5-11,13,19H,12H2,1-4H3,(H,23,24,27). The summed E-state index contributed by atoms with van der Waals surface area (Å²) in [6.45, 7) is 5.16. The molecule has 0 saturated heterocycles. The van der Waals surface area contributed by atoms with E-state index in [9.17, 15) is 19.2 Å². The van der Waals surface area contributed by atoms with E-state index < -0.39 is 29.7 Å². The number of aromatic nitrogens is 1. The Balaban J connectivity index is 1.75. The lowest BCUT2D eigenvalue weighted by molar-refractivity contribution is -0.138. The monoisotopic (exact) mass is 408 g/mol. The predicted molar refractivity (Wildman–Crippen MR) is 111 cm³/mol. The molecule has 0 bridgehead atoms. The first-order valence-corrected chi connectivity index (χ1v) is 9.65. The van der Waals surface area contributed by atoms with Crippen LogP contribution in [0.5, 0.6) is 0 Å². The van der Waals surface area contributed by atoms with E-state index in [1.165, 1.54) is 11.9 Å². The molecule has 0 radical (unpaired) electrons. The van der Waals surface area contributed by atoms with Crippen LogP contribution >= 0.6 is 0 Å². The van der Waals surface area contributed by atoms with Crippen molar-refractivity contribution in [1.82, 2.24) is 14.8 Å². The van der Waals surface area contributed by atoms with Crippen molar-refractivity contribution >= 4 is 29.4 Å². The zero-order chi connectivity index (χ0) is 22.0. The van der Waals surface area contributed by atoms with E-state index in [-0.39, 0.29) is 23.6 Å². The first kappa shape index (κ1) is 21.2. The van der Waals surface area contributed by atoms with Crippen LogP contribution in [0.4, 0.5) is 5.82 Å². The molecule has 0 spiro atoms. The Bertz CT molecular complexity index is 983. The highest BCUT2D eigenvalue weighted by molar-refractivity contribution is 6.22. The number of imide groups is 1. The molecule has 1 atom stereocenters. The Kier molecular flexibility index (Phi) is 5.96. The van der Waals surface area contributed by atoms with Gasteiger partial charge in [-0.05, 0) is 42.7 Å². The van der Waals surface area contributed by atoms with E-state index in [1.54, 1.807) is 56.4 Å². The maximum absolute atomic E-state index is 13.1.